The lowest BCUT2D eigenvalue weighted by atomic mass is 9.96. The van der Waals surface area contributed by atoms with Gasteiger partial charge in [-0.15, -0.1) is 0 Å². The van der Waals surface area contributed by atoms with Crippen LogP contribution in [0.15, 0.2) is 97.1 Å². The van der Waals surface area contributed by atoms with Crippen LogP contribution in [-0.2, 0) is 12.8 Å². The first kappa shape index (κ1) is 19.5. The van der Waals surface area contributed by atoms with E-state index in [2.05, 4.69) is 0 Å². The molecule has 0 bridgehead atoms. The van der Waals surface area contributed by atoms with E-state index in [9.17, 15) is 15.0 Å². The summed E-state index contributed by atoms with van der Waals surface area (Å²) in [6.07, 6.45) is 1.34. The number of rotatable bonds is 6. The van der Waals surface area contributed by atoms with E-state index in [1.54, 1.807) is 24.3 Å². The molecule has 0 fully saturated rings. The molecule has 0 radical (unpaired) electrons. The highest BCUT2D eigenvalue weighted by molar-refractivity contribution is 6.12. The van der Waals surface area contributed by atoms with E-state index in [4.69, 9.17) is 0 Å². The maximum absolute atomic E-state index is 12.9. The minimum atomic E-state index is -0.400. The second-order valence-electron chi connectivity index (χ2n) is 7.36. The molecule has 3 nitrogen and oxygen atoms in total. The largest absolute Gasteiger partial charge is 0.507 e. The zero-order chi connectivity index (χ0) is 20.9. The molecule has 0 saturated carbocycles. The van der Waals surface area contributed by atoms with Crippen molar-refractivity contribution >= 4 is 5.78 Å². The fraction of sp³-hybridized carbons (Fsp3) is 0.0741. The Labute approximate surface area is 175 Å². The van der Waals surface area contributed by atoms with Gasteiger partial charge in [-0.25, -0.2) is 0 Å². The van der Waals surface area contributed by atoms with Crippen molar-refractivity contribution in [1.29, 1.82) is 0 Å². The van der Waals surface area contributed by atoms with Crippen LogP contribution in [0.25, 0.3) is 0 Å². The van der Waals surface area contributed by atoms with Crippen molar-refractivity contribution in [3.8, 4) is 11.5 Å². The second-order valence-corrected chi connectivity index (χ2v) is 7.36. The Morgan fingerprint density at radius 2 is 0.933 bits per heavy atom. The highest BCUT2D eigenvalue weighted by Crippen LogP contribution is 2.28. The normalized spacial score (nSPS) is 10.7. The Balaban J connectivity index is 1.54. The fourth-order valence-corrected chi connectivity index (χ4v) is 3.57. The Bertz CT molecular complexity index is 1070. The van der Waals surface area contributed by atoms with Gasteiger partial charge in [0.2, 0.25) is 0 Å². The third-order valence-corrected chi connectivity index (χ3v) is 5.12. The Kier molecular flexibility index (Phi) is 5.62. The van der Waals surface area contributed by atoms with Crippen LogP contribution in [0.4, 0.5) is 0 Å². The van der Waals surface area contributed by atoms with Gasteiger partial charge in [-0.05, 0) is 59.4 Å². The van der Waals surface area contributed by atoms with Crippen LogP contribution in [-0.4, -0.2) is 16.0 Å². The zero-order valence-corrected chi connectivity index (χ0v) is 16.5. The lowest BCUT2D eigenvalue weighted by molar-refractivity contribution is 0.103. The topological polar surface area (TPSA) is 57.5 Å². The third kappa shape index (κ3) is 4.41. The monoisotopic (exact) mass is 394 g/mol. The predicted octanol–water partition coefficient (Wildman–Crippen LogP) is 5.51. The van der Waals surface area contributed by atoms with Crippen LogP contribution in [0.2, 0.25) is 0 Å². The van der Waals surface area contributed by atoms with Gasteiger partial charge in [0.15, 0.2) is 5.78 Å². The van der Waals surface area contributed by atoms with Crippen LogP contribution >= 0.6 is 0 Å². The molecule has 0 atom stereocenters. The summed E-state index contributed by atoms with van der Waals surface area (Å²) in [6, 6.07) is 30.0. The molecule has 0 aromatic heterocycles. The smallest absolute Gasteiger partial charge is 0.200 e. The summed E-state index contributed by atoms with van der Waals surface area (Å²) >= 11 is 0. The average molecular weight is 394 g/mol. The summed E-state index contributed by atoms with van der Waals surface area (Å²) in [5.74, 6) is -0.565. The minimum Gasteiger partial charge on any atom is -0.507 e. The SMILES string of the molecule is O=C(c1ccc(Cc2ccccc2)cc1O)c1ccc(Cc2ccccc2)cc1O. The van der Waals surface area contributed by atoms with Gasteiger partial charge in [0, 0.05) is 0 Å². The average Bonchev–Trinajstić information content (AvgIpc) is 2.75. The van der Waals surface area contributed by atoms with Crippen molar-refractivity contribution in [3.05, 3.63) is 130 Å². The minimum absolute atomic E-state index is 0.0822. The van der Waals surface area contributed by atoms with Crippen molar-refractivity contribution in [3.63, 3.8) is 0 Å². The Morgan fingerprint density at radius 3 is 1.30 bits per heavy atom. The van der Waals surface area contributed by atoms with Gasteiger partial charge in [0.05, 0.1) is 11.1 Å². The van der Waals surface area contributed by atoms with Crippen LogP contribution < -0.4 is 0 Å². The summed E-state index contributed by atoms with van der Waals surface area (Å²) in [6.45, 7) is 0. The van der Waals surface area contributed by atoms with Gasteiger partial charge >= 0.3 is 0 Å². The molecular weight excluding hydrogens is 372 g/mol. The lowest BCUT2D eigenvalue weighted by Crippen LogP contribution is -2.03. The number of hydrogen-bond donors (Lipinski definition) is 2. The molecular formula is C27H22O3. The summed E-state index contributed by atoms with van der Waals surface area (Å²) < 4.78 is 0. The van der Waals surface area contributed by atoms with Gasteiger partial charge in [-0.2, -0.15) is 0 Å². The number of aromatic hydroxyl groups is 2. The van der Waals surface area contributed by atoms with E-state index < -0.39 is 5.78 Å². The van der Waals surface area contributed by atoms with Crippen LogP contribution in [0.3, 0.4) is 0 Å². The summed E-state index contributed by atoms with van der Waals surface area (Å²) in [5.41, 5.74) is 4.44. The van der Waals surface area contributed by atoms with Crippen molar-refractivity contribution in [2.75, 3.05) is 0 Å². The van der Waals surface area contributed by atoms with E-state index in [1.807, 2.05) is 72.8 Å². The number of phenolic OH excluding ortho intramolecular Hbond substituents is 2. The number of ketones is 1. The van der Waals surface area contributed by atoms with Crippen LogP contribution in [0.1, 0.15) is 38.2 Å². The highest BCUT2D eigenvalue weighted by atomic mass is 16.3. The van der Waals surface area contributed by atoms with Gasteiger partial charge in [0.25, 0.3) is 0 Å². The van der Waals surface area contributed by atoms with E-state index in [-0.39, 0.29) is 22.6 Å². The molecule has 0 aliphatic rings. The second kappa shape index (κ2) is 8.66. The number of phenols is 2. The number of benzene rings is 4. The zero-order valence-electron chi connectivity index (χ0n) is 16.5. The van der Waals surface area contributed by atoms with Crippen molar-refractivity contribution < 1.29 is 15.0 Å². The number of carbonyl (C=O) groups excluding carboxylic acids is 1. The Hall–Kier alpha value is -3.85. The van der Waals surface area contributed by atoms with E-state index in [0.29, 0.717) is 12.8 Å². The number of hydrogen-bond acceptors (Lipinski definition) is 3. The Morgan fingerprint density at radius 1 is 0.533 bits per heavy atom. The third-order valence-electron chi connectivity index (χ3n) is 5.12. The molecule has 0 aliphatic carbocycles. The fourth-order valence-electron chi connectivity index (χ4n) is 3.57. The lowest BCUT2D eigenvalue weighted by Gasteiger charge is -2.10. The molecule has 4 aromatic carbocycles. The first-order valence-electron chi connectivity index (χ1n) is 9.86. The first-order valence-corrected chi connectivity index (χ1v) is 9.86. The maximum atomic E-state index is 12.9. The van der Waals surface area contributed by atoms with E-state index >= 15 is 0 Å². The van der Waals surface area contributed by atoms with Gasteiger partial charge in [-0.1, -0.05) is 72.8 Å². The van der Waals surface area contributed by atoms with Crippen molar-refractivity contribution in [1.82, 2.24) is 0 Å². The van der Waals surface area contributed by atoms with Crippen molar-refractivity contribution in [2.45, 2.75) is 12.8 Å². The quantitative estimate of drug-likeness (QED) is 0.424. The van der Waals surface area contributed by atoms with Crippen LogP contribution in [0.5, 0.6) is 11.5 Å². The van der Waals surface area contributed by atoms with Crippen molar-refractivity contribution in [2.24, 2.45) is 0 Å². The molecule has 2 N–H and O–H groups in total. The molecule has 0 spiro atoms. The summed E-state index contributed by atoms with van der Waals surface area (Å²) in [7, 11) is 0. The highest BCUT2D eigenvalue weighted by Gasteiger charge is 2.18. The molecule has 0 heterocycles. The molecule has 0 saturated heterocycles. The summed E-state index contributed by atoms with van der Waals surface area (Å²) in [5, 5.41) is 20.9. The predicted molar refractivity (Wildman–Crippen MR) is 118 cm³/mol. The molecule has 0 amide bonds. The van der Waals surface area contributed by atoms with Gasteiger partial charge < -0.3 is 10.2 Å². The summed E-state index contributed by atoms with van der Waals surface area (Å²) in [4.78, 5) is 12.9. The maximum Gasteiger partial charge on any atom is 0.200 e. The molecule has 3 heteroatoms. The van der Waals surface area contributed by atoms with Gasteiger partial charge in [0.1, 0.15) is 11.5 Å². The van der Waals surface area contributed by atoms with E-state index in [1.165, 1.54) is 0 Å². The molecule has 4 aromatic rings. The van der Waals surface area contributed by atoms with Gasteiger partial charge in [-0.3, -0.25) is 4.79 Å². The standard InChI is InChI=1S/C27H22O3/c28-25-17-21(15-19-7-3-1-4-8-19)11-13-23(25)27(30)24-14-12-22(18-26(24)29)16-20-9-5-2-6-10-20/h1-14,17-18,28-29H,15-16H2. The molecule has 148 valence electrons. The van der Waals surface area contributed by atoms with E-state index in [0.717, 1.165) is 22.3 Å². The molecule has 0 aliphatic heterocycles. The van der Waals surface area contributed by atoms with Crippen LogP contribution in [0, 0.1) is 0 Å². The molecule has 30 heavy (non-hydrogen) atoms. The first-order chi connectivity index (χ1) is 14.6. The number of carbonyl (C=O) groups is 1. The molecule has 0 unspecified atom stereocenters. The molecule has 4 rings (SSSR count).